The van der Waals surface area contributed by atoms with Crippen LogP contribution in [0.25, 0.3) is 10.6 Å². The van der Waals surface area contributed by atoms with Gasteiger partial charge >= 0.3 is 5.97 Å². The number of nitrogens with zero attached hydrogens (tertiary/aromatic N) is 2. The quantitative estimate of drug-likeness (QED) is 0.482. The van der Waals surface area contributed by atoms with Gasteiger partial charge in [0.15, 0.2) is 0 Å². The minimum atomic E-state index is -0.447. The van der Waals surface area contributed by atoms with Gasteiger partial charge in [-0.1, -0.05) is 23.7 Å². The van der Waals surface area contributed by atoms with Gasteiger partial charge in [-0.15, -0.1) is 11.3 Å². The number of carbonyl (C=O) groups is 2. The van der Waals surface area contributed by atoms with Crippen molar-refractivity contribution in [1.82, 2.24) is 10.3 Å². The summed E-state index contributed by atoms with van der Waals surface area (Å²) in [5, 5.41) is 4.62. The molecule has 0 saturated carbocycles. The first-order chi connectivity index (χ1) is 16.4. The highest BCUT2D eigenvalue weighted by molar-refractivity contribution is 7.17. The summed E-state index contributed by atoms with van der Waals surface area (Å²) in [4.78, 5) is 32.6. The lowest BCUT2D eigenvalue weighted by molar-refractivity contribution is 0.0597. The van der Waals surface area contributed by atoms with Gasteiger partial charge in [-0.05, 0) is 50.1 Å². The molecule has 1 aromatic heterocycles. The molecule has 1 fully saturated rings. The third-order valence-corrected chi connectivity index (χ3v) is 7.26. The summed E-state index contributed by atoms with van der Waals surface area (Å²) in [5.74, 6) is -0.0978. The van der Waals surface area contributed by atoms with Crippen molar-refractivity contribution < 1.29 is 19.1 Å². The second-order valence-electron chi connectivity index (χ2n) is 8.08. The van der Waals surface area contributed by atoms with Gasteiger partial charge < -0.3 is 19.7 Å². The van der Waals surface area contributed by atoms with Gasteiger partial charge in [0.25, 0.3) is 5.91 Å². The molecule has 3 aromatic rings. The summed E-state index contributed by atoms with van der Waals surface area (Å²) in [6.07, 6.45) is 1.80. The Morgan fingerprint density at radius 2 is 1.94 bits per heavy atom. The number of aryl methyl sites for hydroxylation is 1. The van der Waals surface area contributed by atoms with E-state index in [0.29, 0.717) is 33.5 Å². The Hall–Kier alpha value is -3.10. The van der Waals surface area contributed by atoms with Crippen molar-refractivity contribution in [2.45, 2.75) is 25.8 Å². The first-order valence-corrected chi connectivity index (χ1v) is 12.1. The summed E-state index contributed by atoms with van der Waals surface area (Å²) in [6.45, 7) is 3.32. The van der Waals surface area contributed by atoms with E-state index < -0.39 is 5.97 Å². The first kappa shape index (κ1) is 24.0. The molecule has 1 amide bonds. The van der Waals surface area contributed by atoms with E-state index in [1.165, 1.54) is 25.6 Å². The molecule has 0 bridgehead atoms. The Balaban J connectivity index is 1.47. The van der Waals surface area contributed by atoms with Crippen LogP contribution < -0.4 is 15.0 Å². The molecule has 2 aromatic carbocycles. The Kier molecular flexibility index (Phi) is 7.38. The van der Waals surface area contributed by atoms with Gasteiger partial charge in [-0.25, -0.2) is 9.78 Å². The first-order valence-electron chi connectivity index (χ1n) is 10.9. The third kappa shape index (κ3) is 5.18. The van der Waals surface area contributed by atoms with Crippen LogP contribution in [0.4, 0.5) is 5.69 Å². The highest BCUT2D eigenvalue weighted by atomic mass is 35.5. The molecule has 0 spiro atoms. The predicted molar refractivity (Wildman–Crippen MR) is 134 cm³/mol. The van der Waals surface area contributed by atoms with E-state index in [4.69, 9.17) is 21.1 Å². The molecule has 9 heteroatoms. The third-order valence-electron chi connectivity index (χ3n) is 5.80. The number of piperidine rings is 1. The number of esters is 1. The molecule has 178 valence electrons. The lowest BCUT2D eigenvalue weighted by atomic mass is 10.0. The predicted octanol–water partition coefficient (Wildman–Crippen LogP) is 4.97. The number of ether oxygens (including phenoxy) is 2. The molecule has 34 heavy (non-hydrogen) atoms. The number of thiazole rings is 1. The molecular formula is C25H26ClN3O4S. The highest BCUT2D eigenvalue weighted by Crippen LogP contribution is 2.30. The van der Waals surface area contributed by atoms with Crippen LogP contribution in [0.15, 0.2) is 42.5 Å². The van der Waals surface area contributed by atoms with Crippen molar-refractivity contribution in [3.8, 4) is 16.3 Å². The van der Waals surface area contributed by atoms with Crippen LogP contribution in [-0.2, 0) is 4.74 Å². The van der Waals surface area contributed by atoms with Gasteiger partial charge in [0.2, 0.25) is 0 Å². The van der Waals surface area contributed by atoms with E-state index in [9.17, 15) is 9.59 Å². The monoisotopic (exact) mass is 499 g/mol. The van der Waals surface area contributed by atoms with E-state index >= 15 is 0 Å². The van der Waals surface area contributed by atoms with Crippen molar-refractivity contribution in [2.24, 2.45) is 0 Å². The number of rotatable bonds is 6. The molecule has 0 aliphatic carbocycles. The minimum absolute atomic E-state index is 0.0228. The van der Waals surface area contributed by atoms with Crippen LogP contribution in [0.2, 0.25) is 5.02 Å². The molecule has 1 saturated heterocycles. The minimum Gasteiger partial charge on any atom is -0.496 e. The average Bonchev–Trinajstić information content (AvgIpc) is 3.25. The van der Waals surface area contributed by atoms with Crippen molar-refractivity contribution in [2.75, 3.05) is 32.2 Å². The summed E-state index contributed by atoms with van der Waals surface area (Å²) in [6, 6.07) is 12.9. The second-order valence-corrected chi connectivity index (χ2v) is 9.51. The highest BCUT2D eigenvalue weighted by Gasteiger charge is 2.25. The number of carbonyl (C=O) groups excluding carboxylic acids is 2. The number of anilines is 1. The van der Waals surface area contributed by atoms with Crippen molar-refractivity contribution in [1.29, 1.82) is 0 Å². The lowest BCUT2D eigenvalue weighted by Crippen LogP contribution is -2.47. The Morgan fingerprint density at radius 1 is 1.18 bits per heavy atom. The normalized spacial score (nSPS) is 15.6. The molecule has 1 aliphatic rings. The van der Waals surface area contributed by atoms with Gasteiger partial charge in [-0.3, -0.25) is 4.79 Å². The van der Waals surface area contributed by atoms with Gasteiger partial charge in [-0.2, -0.15) is 0 Å². The maximum atomic E-state index is 13.1. The smallest absolute Gasteiger partial charge is 0.341 e. The number of nitrogens with one attached hydrogen (secondary N) is 1. The topological polar surface area (TPSA) is 80.8 Å². The molecule has 4 rings (SSSR count). The SMILES string of the molecule is COC(=O)c1cc(N2CCCC(NC(=O)c3sc(-c4ccc(Cl)cc4)nc3C)C2)ccc1OC. The van der Waals surface area contributed by atoms with Crippen LogP contribution in [-0.4, -0.2) is 50.2 Å². The van der Waals surface area contributed by atoms with E-state index in [1.807, 2.05) is 37.3 Å². The molecule has 1 unspecified atom stereocenters. The van der Waals surface area contributed by atoms with E-state index in [-0.39, 0.29) is 11.9 Å². The molecule has 7 nitrogen and oxygen atoms in total. The van der Waals surface area contributed by atoms with Crippen molar-refractivity contribution in [3.05, 3.63) is 63.6 Å². The van der Waals surface area contributed by atoms with Gasteiger partial charge in [0.05, 0.1) is 19.9 Å². The zero-order valence-electron chi connectivity index (χ0n) is 19.3. The molecule has 0 radical (unpaired) electrons. The molecule has 1 aliphatic heterocycles. The molecule has 1 N–H and O–H groups in total. The van der Waals surface area contributed by atoms with Crippen LogP contribution in [0, 0.1) is 6.92 Å². The number of methoxy groups -OCH3 is 2. The molecule has 1 atom stereocenters. The number of halogens is 1. The van der Waals surface area contributed by atoms with Crippen LogP contribution in [0.3, 0.4) is 0 Å². The number of benzene rings is 2. The van der Waals surface area contributed by atoms with Crippen molar-refractivity contribution in [3.63, 3.8) is 0 Å². The number of aromatic nitrogens is 1. The largest absolute Gasteiger partial charge is 0.496 e. The van der Waals surface area contributed by atoms with Crippen LogP contribution in [0.5, 0.6) is 5.75 Å². The summed E-state index contributed by atoms with van der Waals surface area (Å²) >= 11 is 7.36. The Bertz CT molecular complexity index is 1200. The number of hydrogen-bond donors (Lipinski definition) is 1. The Morgan fingerprint density at radius 3 is 2.65 bits per heavy atom. The van der Waals surface area contributed by atoms with Gasteiger partial charge in [0, 0.05) is 35.4 Å². The standard InChI is InChI=1S/C25H26ClN3O4S/c1-15-22(34-24(27-15)16-6-8-17(26)9-7-16)23(30)28-18-5-4-12-29(14-18)19-10-11-21(32-2)20(13-19)25(31)33-3/h6-11,13,18H,4-5,12,14H2,1-3H3,(H,28,30). The Labute approximate surface area is 207 Å². The van der Waals surface area contributed by atoms with Crippen LogP contribution >= 0.6 is 22.9 Å². The second kappa shape index (κ2) is 10.4. The lowest BCUT2D eigenvalue weighted by Gasteiger charge is -2.35. The van der Waals surface area contributed by atoms with E-state index in [0.717, 1.165) is 35.6 Å². The summed E-state index contributed by atoms with van der Waals surface area (Å²) < 4.78 is 10.2. The number of amides is 1. The fraction of sp³-hybridized carbons (Fsp3) is 0.320. The summed E-state index contributed by atoms with van der Waals surface area (Å²) in [5.41, 5.74) is 2.90. The average molecular weight is 500 g/mol. The van der Waals surface area contributed by atoms with Crippen molar-refractivity contribution >= 4 is 40.5 Å². The zero-order valence-corrected chi connectivity index (χ0v) is 20.8. The van der Waals surface area contributed by atoms with E-state index in [2.05, 4.69) is 15.2 Å². The molecular weight excluding hydrogens is 474 g/mol. The summed E-state index contributed by atoms with van der Waals surface area (Å²) in [7, 11) is 2.87. The maximum Gasteiger partial charge on any atom is 0.341 e. The number of hydrogen-bond acceptors (Lipinski definition) is 7. The fourth-order valence-corrected chi connectivity index (χ4v) is 5.17. The van der Waals surface area contributed by atoms with E-state index in [1.54, 1.807) is 12.1 Å². The zero-order chi connectivity index (χ0) is 24.2. The fourth-order valence-electron chi connectivity index (χ4n) is 4.07. The van der Waals surface area contributed by atoms with Crippen LogP contribution in [0.1, 0.15) is 38.6 Å². The molecule has 2 heterocycles. The van der Waals surface area contributed by atoms with Gasteiger partial charge in [0.1, 0.15) is 21.2 Å². The maximum absolute atomic E-state index is 13.1.